The predicted octanol–water partition coefficient (Wildman–Crippen LogP) is 6.98. The SMILES string of the molecule is Cc1ccc(S(=O)(=O)N2CCCC(C(=O)N(C)Cc3ccc(Oc4ccc(Cl)c(Cl)c4)cc3Br)C2)s1. The van der Waals surface area contributed by atoms with Crippen molar-refractivity contribution in [3.8, 4) is 11.5 Å². The monoisotopic (exact) mass is 630 g/mol. The van der Waals surface area contributed by atoms with Crippen molar-refractivity contribution in [1.29, 1.82) is 0 Å². The van der Waals surface area contributed by atoms with E-state index in [0.29, 0.717) is 51.7 Å². The third-order valence-corrected chi connectivity index (χ3v) is 10.8. The average Bonchev–Trinajstić information content (AvgIpc) is 3.30. The van der Waals surface area contributed by atoms with Crippen LogP contribution in [0.25, 0.3) is 0 Å². The van der Waals surface area contributed by atoms with Gasteiger partial charge in [0.2, 0.25) is 5.91 Å². The lowest BCUT2D eigenvalue weighted by atomic mass is 9.98. The van der Waals surface area contributed by atoms with Gasteiger partial charge in [0.1, 0.15) is 15.7 Å². The van der Waals surface area contributed by atoms with Crippen LogP contribution in [0.5, 0.6) is 11.5 Å². The van der Waals surface area contributed by atoms with Gasteiger partial charge >= 0.3 is 0 Å². The van der Waals surface area contributed by atoms with Crippen molar-refractivity contribution in [3.63, 3.8) is 0 Å². The largest absolute Gasteiger partial charge is 0.457 e. The van der Waals surface area contributed by atoms with Crippen molar-refractivity contribution in [1.82, 2.24) is 9.21 Å². The molecule has 1 unspecified atom stereocenters. The van der Waals surface area contributed by atoms with Crippen LogP contribution in [0.1, 0.15) is 23.3 Å². The van der Waals surface area contributed by atoms with Crippen LogP contribution < -0.4 is 4.74 Å². The van der Waals surface area contributed by atoms with Crippen molar-refractivity contribution in [2.24, 2.45) is 5.92 Å². The molecular formula is C25H25BrCl2N2O4S2. The van der Waals surface area contributed by atoms with E-state index in [9.17, 15) is 13.2 Å². The summed E-state index contributed by atoms with van der Waals surface area (Å²) in [5.41, 5.74) is 0.904. The number of ether oxygens (including phenoxy) is 1. The highest BCUT2D eigenvalue weighted by Crippen LogP contribution is 2.32. The first-order valence-electron chi connectivity index (χ1n) is 11.3. The van der Waals surface area contributed by atoms with Gasteiger partial charge in [-0.3, -0.25) is 4.79 Å². The quantitative estimate of drug-likeness (QED) is 0.282. The number of halogens is 3. The maximum atomic E-state index is 13.2. The Morgan fingerprint density at radius 2 is 1.86 bits per heavy atom. The zero-order chi connectivity index (χ0) is 26.0. The van der Waals surface area contributed by atoms with E-state index < -0.39 is 10.0 Å². The average molecular weight is 632 g/mol. The molecule has 1 amide bonds. The molecule has 0 aliphatic carbocycles. The summed E-state index contributed by atoms with van der Waals surface area (Å²) in [6, 6.07) is 14.0. The van der Waals surface area contributed by atoms with Gasteiger partial charge in [-0.05, 0) is 61.7 Å². The van der Waals surface area contributed by atoms with Crippen LogP contribution in [0.15, 0.2) is 57.2 Å². The van der Waals surface area contributed by atoms with Crippen LogP contribution in [0, 0.1) is 12.8 Å². The summed E-state index contributed by atoms with van der Waals surface area (Å²) in [4.78, 5) is 15.8. The summed E-state index contributed by atoms with van der Waals surface area (Å²) >= 11 is 16.8. The molecule has 0 radical (unpaired) electrons. The van der Waals surface area contributed by atoms with Crippen molar-refractivity contribution in [3.05, 3.63) is 73.5 Å². The molecule has 1 atom stereocenters. The van der Waals surface area contributed by atoms with Crippen LogP contribution in [0.4, 0.5) is 0 Å². The Morgan fingerprint density at radius 1 is 1.14 bits per heavy atom. The first kappa shape index (κ1) is 27.4. The second kappa shape index (κ2) is 11.4. The second-order valence-electron chi connectivity index (χ2n) is 8.69. The molecule has 1 aromatic heterocycles. The zero-order valence-corrected chi connectivity index (χ0v) is 24.4. The van der Waals surface area contributed by atoms with Crippen LogP contribution >= 0.6 is 50.5 Å². The molecule has 1 aliphatic rings. The standard InChI is InChI=1S/C25H25BrCl2N2O4S2/c1-16-5-10-24(35-16)36(32,33)30-11-3-4-18(15-30)25(31)29(2)14-17-6-7-19(12-21(17)26)34-20-8-9-22(27)23(28)13-20/h5-10,12-13,18H,3-4,11,14-15H2,1-2H3. The predicted molar refractivity (Wildman–Crippen MR) is 148 cm³/mol. The molecule has 36 heavy (non-hydrogen) atoms. The van der Waals surface area contributed by atoms with Gasteiger partial charge in [-0.15, -0.1) is 11.3 Å². The summed E-state index contributed by atoms with van der Waals surface area (Å²) in [7, 11) is -1.85. The van der Waals surface area contributed by atoms with E-state index in [1.54, 1.807) is 42.3 Å². The number of thiophene rings is 1. The fourth-order valence-corrected chi connectivity index (χ4v) is 7.81. The summed E-state index contributed by atoms with van der Waals surface area (Å²) in [6.07, 6.45) is 1.31. The Hall–Kier alpha value is -1.62. The summed E-state index contributed by atoms with van der Waals surface area (Å²) in [5.74, 6) is 0.719. The second-order valence-corrected chi connectivity index (χ2v) is 13.8. The highest BCUT2D eigenvalue weighted by molar-refractivity contribution is 9.10. The first-order chi connectivity index (χ1) is 17.0. The van der Waals surface area contributed by atoms with Crippen LogP contribution in [0.3, 0.4) is 0 Å². The van der Waals surface area contributed by atoms with Gasteiger partial charge in [0.25, 0.3) is 10.0 Å². The fraction of sp³-hybridized carbons (Fsp3) is 0.320. The molecule has 4 rings (SSSR count). The van der Waals surface area contributed by atoms with E-state index in [0.717, 1.165) is 14.9 Å². The highest BCUT2D eigenvalue weighted by Gasteiger charge is 2.35. The smallest absolute Gasteiger partial charge is 0.252 e. The van der Waals surface area contributed by atoms with Gasteiger partial charge in [0.05, 0.1) is 16.0 Å². The van der Waals surface area contributed by atoms with Crippen molar-refractivity contribution in [2.45, 2.75) is 30.5 Å². The number of piperidine rings is 1. The number of carbonyl (C=O) groups excluding carboxylic acids is 1. The fourth-order valence-electron chi connectivity index (χ4n) is 4.08. The Morgan fingerprint density at radius 3 is 2.53 bits per heavy atom. The van der Waals surface area contributed by atoms with Gasteiger partial charge in [-0.2, -0.15) is 4.31 Å². The molecule has 3 aromatic rings. The van der Waals surface area contributed by atoms with E-state index >= 15 is 0 Å². The maximum absolute atomic E-state index is 13.2. The molecule has 6 nitrogen and oxygen atoms in total. The van der Waals surface area contributed by atoms with E-state index in [1.165, 1.54) is 15.6 Å². The van der Waals surface area contributed by atoms with Crippen LogP contribution in [-0.4, -0.2) is 43.7 Å². The molecule has 0 spiro atoms. The van der Waals surface area contributed by atoms with Crippen molar-refractivity contribution in [2.75, 3.05) is 20.1 Å². The van der Waals surface area contributed by atoms with E-state index in [4.69, 9.17) is 27.9 Å². The van der Waals surface area contributed by atoms with Gasteiger partial charge in [-0.1, -0.05) is 45.2 Å². The number of carbonyl (C=O) groups is 1. The lowest BCUT2D eigenvalue weighted by Crippen LogP contribution is -2.45. The molecule has 1 saturated heterocycles. The third-order valence-electron chi connectivity index (χ3n) is 5.98. The van der Waals surface area contributed by atoms with E-state index in [2.05, 4.69) is 15.9 Å². The van der Waals surface area contributed by atoms with Crippen LogP contribution in [0.2, 0.25) is 10.0 Å². The first-order valence-corrected chi connectivity index (χ1v) is 15.1. The molecule has 1 fully saturated rings. The Balaban J connectivity index is 1.40. The normalized spacial score (nSPS) is 16.6. The molecule has 192 valence electrons. The minimum atomic E-state index is -3.59. The maximum Gasteiger partial charge on any atom is 0.252 e. The number of nitrogens with zero attached hydrogens (tertiary/aromatic N) is 2. The minimum Gasteiger partial charge on any atom is -0.457 e. The molecule has 1 aliphatic heterocycles. The molecule has 2 heterocycles. The lowest BCUT2D eigenvalue weighted by Gasteiger charge is -2.33. The zero-order valence-electron chi connectivity index (χ0n) is 19.7. The number of hydrogen-bond acceptors (Lipinski definition) is 5. The van der Waals surface area contributed by atoms with Gasteiger partial charge in [-0.25, -0.2) is 8.42 Å². The third kappa shape index (κ3) is 6.26. The van der Waals surface area contributed by atoms with Crippen molar-refractivity contribution < 1.29 is 17.9 Å². The number of hydrogen-bond donors (Lipinski definition) is 0. The lowest BCUT2D eigenvalue weighted by molar-refractivity contribution is -0.135. The Labute approximate surface area is 233 Å². The molecule has 0 saturated carbocycles. The number of amides is 1. The Bertz CT molecular complexity index is 1380. The molecule has 0 N–H and O–H groups in total. The molecule has 2 aromatic carbocycles. The summed E-state index contributed by atoms with van der Waals surface area (Å²) in [5, 5.41) is 0.859. The number of benzene rings is 2. The topological polar surface area (TPSA) is 66.9 Å². The van der Waals surface area contributed by atoms with E-state index in [-0.39, 0.29) is 18.4 Å². The van der Waals surface area contributed by atoms with Crippen molar-refractivity contribution >= 4 is 66.4 Å². The molecule has 11 heteroatoms. The van der Waals surface area contributed by atoms with Gasteiger partial charge < -0.3 is 9.64 Å². The molecular weight excluding hydrogens is 607 g/mol. The van der Waals surface area contributed by atoms with E-state index in [1.807, 2.05) is 25.1 Å². The highest BCUT2D eigenvalue weighted by atomic mass is 79.9. The van der Waals surface area contributed by atoms with Crippen LogP contribution in [-0.2, 0) is 21.4 Å². The number of sulfonamides is 1. The Kier molecular flexibility index (Phi) is 8.69. The van der Waals surface area contributed by atoms with Gasteiger partial charge in [0.15, 0.2) is 0 Å². The minimum absolute atomic E-state index is 0.0692. The summed E-state index contributed by atoms with van der Waals surface area (Å²) in [6.45, 7) is 2.88. The number of rotatable bonds is 7. The molecule has 0 bridgehead atoms. The summed E-state index contributed by atoms with van der Waals surface area (Å²) < 4.78 is 34.5. The number of aryl methyl sites for hydroxylation is 1. The van der Waals surface area contributed by atoms with Gasteiger partial charge in [0, 0.05) is 42.1 Å².